The Kier molecular flexibility index (Phi) is 8.42. The average Bonchev–Trinajstić information content (AvgIpc) is 3.11. The highest BCUT2D eigenvalue weighted by atomic mass is 35.5. The molecule has 2 heterocycles. The minimum absolute atomic E-state index is 0. The fraction of sp³-hybridized carbons (Fsp3) is 0.333. The number of piperidine rings is 1. The highest BCUT2D eigenvalue weighted by molar-refractivity contribution is 6.33. The molecule has 1 fully saturated rings. The number of alkyl halides is 3. The first kappa shape index (κ1) is 27.3. The number of aromatic nitrogens is 2. The molecule has 0 spiro atoms. The van der Waals surface area contributed by atoms with E-state index >= 15 is 0 Å². The van der Waals surface area contributed by atoms with Gasteiger partial charge in [0.15, 0.2) is 0 Å². The molecule has 2 atom stereocenters. The molecule has 0 saturated carbocycles. The van der Waals surface area contributed by atoms with Crippen LogP contribution in [0.25, 0.3) is 11.3 Å². The Labute approximate surface area is 217 Å². The van der Waals surface area contributed by atoms with Crippen LogP contribution in [0.5, 0.6) is 0 Å². The summed E-state index contributed by atoms with van der Waals surface area (Å²) in [5.41, 5.74) is 2.56. The second kappa shape index (κ2) is 10.8. The molecule has 11 heteroatoms. The summed E-state index contributed by atoms with van der Waals surface area (Å²) in [6, 6.07) is 8.87. The molecule has 4 rings (SSSR count). The number of nitrogens with one attached hydrogen (secondary N) is 2. The van der Waals surface area contributed by atoms with Gasteiger partial charge in [-0.2, -0.15) is 18.3 Å². The van der Waals surface area contributed by atoms with Gasteiger partial charge in [-0.05, 0) is 55.3 Å². The van der Waals surface area contributed by atoms with E-state index < -0.39 is 11.7 Å². The van der Waals surface area contributed by atoms with Gasteiger partial charge >= 0.3 is 6.18 Å². The Balaban J connectivity index is 0.00000342. The fourth-order valence-electron chi connectivity index (χ4n) is 4.44. The topological polar surface area (TPSA) is 59.0 Å². The van der Waals surface area contributed by atoms with Crippen LogP contribution in [0.2, 0.25) is 10.0 Å². The maximum absolute atomic E-state index is 13.4. The lowest BCUT2D eigenvalue weighted by Crippen LogP contribution is -2.50. The molecule has 3 aromatic rings. The first-order chi connectivity index (χ1) is 16.1. The lowest BCUT2D eigenvalue weighted by Gasteiger charge is -2.33. The summed E-state index contributed by atoms with van der Waals surface area (Å²) in [6.45, 7) is 2.97. The Bertz CT molecular complexity index is 1210. The van der Waals surface area contributed by atoms with Gasteiger partial charge in [-0.1, -0.05) is 35.3 Å². The minimum atomic E-state index is -4.55. The molecule has 1 aliphatic heterocycles. The molecule has 1 saturated heterocycles. The van der Waals surface area contributed by atoms with Crippen molar-refractivity contribution >= 4 is 41.5 Å². The zero-order chi connectivity index (χ0) is 24.6. The first-order valence-corrected chi connectivity index (χ1v) is 11.5. The van der Waals surface area contributed by atoms with Crippen molar-refractivity contribution < 1.29 is 18.0 Å². The van der Waals surface area contributed by atoms with E-state index in [0.717, 1.165) is 22.9 Å². The first-order valence-electron chi connectivity index (χ1n) is 10.7. The number of hydrogen-bond acceptors (Lipinski definition) is 3. The summed E-state index contributed by atoms with van der Waals surface area (Å²) in [6.07, 6.45) is -2.40. The van der Waals surface area contributed by atoms with E-state index in [9.17, 15) is 18.0 Å². The van der Waals surface area contributed by atoms with E-state index in [1.54, 1.807) is 36.1 Å². The lowest BCUT2D eigenvalue weighted by atomic mass is 9.85. The van der Waals surface area contributed by atoms with Gasteiger partial charge in [0.1, 0.15) is 0 Å². The van der Waals surface area contributed by atoms with Gasteiger partial charge in [0, 0.05) is 36.7 Å². The Morgan fingerprint density at radius 1 is 1.17 bits per heavy atom. The van der Waals surface area contributed by atoms with E-state index in [1.807, 2.05) is 13.0 Å². The van der Waals surface area contributed by atoms with E-state index in [2.05, 4.69) is 15.7 Å². The van der Waals surface area contributed by atoms with Crippen LogP contribution in [0.15, 0.2) is 42.6 Å². The number of nitrogens with zero attached hydrogens (tertiary/aromatic N) is 2. The predicted molar refractivity (Wildman–Crippen MR) is 134 cm³/mol. The Morgan fingerprint density at radius 2 is 1.91 bits per heavy atom. The number of carbonyl (C=O) groups excluding carboxylic acids is 1. The van der Waals surface area contributed by atoms with E-state index in [0.29, 0.717) is 35.7 Å². The number of halogens is 6. The molecule has 0 aliphatic carbocycles. The molecule has 0 unspecified atom stereocenters. The quantitative estimate of drug-likeness (QED) is 0.420. The molecule has 2 N–H and O–H groups in total. The summed E-state index contributed by atoms with van der Waals surface area (Å²) in [5, 5.41) is 10.5. The van der Waals surface area contributed by atoms with Crippen LogP contribution in [0.3, 0.4) is 0 Å². The largest absolute Gasteiger partial charge is 0.417 e. The number of hydrogen-bond donors (Lipinski definition) is 2. The maximum atomic E-state index is 13.4. The standard InChI is InChI=1S/C24H23Cl2F3N4O.ClH/c1-13-9-15(3-5-16(13)22-20(26)11-31-33(22)2)23(34)32-21-12-30-8-7-17(21)14-4-6-19(25)18(10-14)24(27,28)29;/h3-6,9-11,17,21,30H,7-8,12H2,1-2H3,(H,32,34);1H/t17-,21+;/m0./s1. The Hall–Kier alpha value is -2.26. The number of carbonyl (C=O) groups is 1. The molecule has 1 amide bonds. The number of rotatable bonds is 4. The van der Waals surface area contributed by atoms with Crippen LogP contribution in [0.1, 0.15) is 39.4 Å². The zero-order valence-corrected chi connectivity index (χ0v) is 21.2. The van der Waals surface area contributed by atoms with Crippen LogP contribution < -0.4 is 10.6 Å². The van der Waals surface area contributed by atoms with E-state index in [1.165, 1.54) is 6.07 Å². The van der Waals surface area contributed by atoms with Crippen LogP contribution >= 0.6 is 35.6 Å². The van der Waals surface area contributed by atoms with Crippen molar-refractivity contribution in [3.63, 3.8) is 0 Å². The molecule has 2 aromatic carbocycles. The summed E-state index contributed by atoms with van der Waals surface area (Å²) in [7, 11) is 1.79. The second-order valence-electron chi connectivity index (χ2n) is 8.41. The molecular formula is C24H24Cl3F3N4O. The third-order valence-electron chi connectivity index (χ3n) is 6.16. The van der Waals surface area contributed by atoms with E-state index in [-0.39, 0.29) is 35.3 Å². The molecule has 0 bridgehead atoms. The van der Waals surface area contributed by atoms with E-state index in [4.69, 9.17) is 23.2 Å². The minimum Gasteiger partial charge on any atom is -0.347 e. The highest BCUT2D eigenvalue weighted by Crippen LogP contribution is 2.38. The van der Waals surface area contributed by atoms with Gasteiger partial charge in [0.05, 0.1) is 27.5 Å². The molecule has 0 radical (unpaired) electrons. The van der Waals surface area contributed by atoms with Gasteiger partial charge in [-0.3, -0.25) is 9.48 Å². The summed E-state index contributed by atoms with van der Waals surface area (Å²) in [4.78, 5) is 13.1. The third-order valence-corrected chi connectivity index (χ3v) is 6.77. The molecule has 1 aromatic heterocycles. The van der Waals surface area contributed by atoms with Crippen LogP contribution in [0, 0.1) is 6.92 Å². The van der Waals surface area contributed by atoms with Crippen molar-refractivity contribution in [2.24, 2.45) is 7.05 Å². The van der Waals surface area contributed by atoms with Crippen LogP contribution in [0.4, 0.5) is 13.2 Å². The molecule has 5 nitrogen and oxygen atoms in total. The molecule has 188 valence electrons. The summed E-state index contributed by atoms with van der Waals surface area (Å²) in [5.74, 6) is -0.577. The fourth-order valence-corrected chi connectivity index (χ4v) is 4.93. The smallest absolute Gasteiger partial charge is 0.347 e. The van der Waals surface area contributed by atoms with Crippen molar-refractivity contribution in [1.29, 1.82) is 0 Å². The van der Waals surface area contributed by atoms with Crippen molar-refractivity contribution in [2.75, 3.05) is 13.1 Å². The van der Waals surface area contributed by atoms with Crippen molar-refractivity contribution in [3.8, 4) is 11.3 Å². The van der Waals surface area contributed by atoms with Gasteiger partial charge < -0.3 is 10.6 Å². The van der Waals surface area contributed by atoms with Gasteiger partial charge in [0.2, 0.25) is 0 Å². The summed E-state index contributed by atoms with van der Waals surface area (Å²) >= 11 is 12.0. The SMILES string of the molecule is Cc1cc(C(=O)N[C@@H]2CNCC[C@H]2c2ccc(Cl)c(C(F)(F)F)c2)ccc1-c1c(Cl)cnn1C.Cl. The van der Waals surface area contributed by atoms with Crippen molar-refractivity contribution in [3.05, 3.63) is 74.9 Å². The van der Waals surface area contributed by atoms with Crippen LogP contribution in [-0.4, -0.2) is 34.8 Å². The van der Waals surface area contributed by atoms with Crippen molar-refractivity contribution in [1.82, 2.24) is 20.4 Å². The van der Waals surface area contributed by atoms with Crippen LogP contribution in [-0.2, 0) is 13.2 Å². The lowest BCUT2D eigenvalue weighted by molar-refractivity contribution is -0.137. The summed E-state index contributed by atoms with van der Waals surface area (Å²) < 4.78 is 41.8. The van der Waals surface area contributed by atoms with Crippen molar-refractivity contribution in [2.45, 2.75) is 31.5 Å². The predicted octanol–water partition coefficient (Wildman–Crippen LogP) is 6.02. The zero-order valence-electron chi connectivity index (χ0n) is 18.9. The highest BCUT2D eigenvalue weighted by Gasteiger charge is 2.35. The van der Waals surface area contributed by atoms with Gasteiger partial charge in [-0.15, -0.1) is 12.4 Å². The monoisotopic (exact) mass is 546 g/mol. The number of aryl methyl sites for hydroxylation is 2. The molecular weight excluding hydrogens is 524 g/mol. The maximum Gasteiger partial charge on any atom is 0.417 e. The number of amides is 1. The van der Waals surface area contributed by atoms with Gasteiger partial charge in [0.25, 0.3) is 5.91 Å². The number of benzene rings is 2. The average molecular weight is 548 g/mol. The molecule has 35 heavy (non-hydrogen) atoms. The second-order valence-corrected chi connectivity index (χ2v) is 9.23. The normalized spacial score (nSPS) is 18.1. The third kappa shape index (κ3) is 5.77. The molecule has 1 aliphatic rings. The van der Waals surface area contributed by atoms with Gasteiger partial charge in [-0.25, -0.2) is 0 Å². The Morgan fingerprint density at radius 3 is 2.54 bits per heavy atom.